The molecule has 1 amide bonds. The number of benzene rings is 2. The molecule has 2 N–H and O–H groups in total. The van der Waals surface area contributed by atoms with Crippen LogP contribution in [0.4, 0.5) is 4.79 Å². The van der Waals surface area contributed by atoms with Crippen molar-refractivity contribution in [2.24, 2.45) is 0 Å². The predicted octanol–water partition coefficient (Wildman–Crippen LogP) is 5.93. The first-order valence-corrected chi connectivity index (χ1v) is 11.7. The fraction of sp³-hybridized carbons (Fsp3) is 0.519. The zero-order chi connectivity index (χ0) is 24.3. The molecule has 0 spiro atoms. The molecule has 0 aliphatic heterocycles. The number of rotatable bonds is 6. The second-order valence-electron chi connectivity index (χ2n) is 9.22. The highest BCUT2D eigenvalue weighted by atomic mass is 16.6. The van der Waals surface area contributed by atoms with E-state index in [1.54, 1.807) is 14.2 Å². The van der Waals surface area contributed by atoms with Crippen LogP contribution in [0.5, 0.6) is 11.5 Å². The fourth-order valence-electron chi connectivity index (χ4n) is 3.77. The van der Waals surface area contributed by atoms with E-state index in [9.17, 15) is 4.79 Å². The van der Waals surface area contributed by atoms with Crippen molar-refractivity contribution in [1.29, 1.82) is 0 Å². The number of nitrogens with one attached hydrogen (secondary N) is 2. The third kappa shape index (κ3) is 9.34. The molecule has 6 nitrogen and oxygen atoms in total. The minimum atomic E-state index is -0.389. The number of alkyl carbamates (subject to hydrolysis) is 1. The summed E-state index contributed by atoms with van der Waals surface area (Å²) >= 11 is 0. The summed E-state index contributed by atoms with van der Waals surface area (Å²) in [6.45, 7) is 6.32. The van der Waals surface area contributed by atoms with Crippen molar-refractivity contribution in [2.75, 3.05) is 21.3 Å². The van der Waals surface area contributed by atoms with Crippen LogP contribution >= 0.6 is 0 Å². The first-order chi connectivity index (χ1) is 15.8. The minimum absolute atomic E-state index is 0.387. The van der Waals surface area contributed by atoms with Crippen molar-refractivity contribution in [2.45, 2.75) is 71.1 Å². The first kappa shape index (κ1) is 26.5. The molecule has 3 rings (SSSR count). The van der Waals surface area contributed by atoms with Gasteiger partial charge in [0, 0.05) is 25.2 Å². The Morgan fingerprint density at radius 3 is 2.09 bits per heavy atom. The molecule has 2 aromatic carbocycles. The van der Waals surface area contributed by atoms with Gasteiger partial charge in [0.2, 0.25) is 0 Å². The maximum atomic E-state index is 10.5. The highest BCUT2D eigenvalue weighted by Crippen LogP contribution is 2.28. The Bertz CT molecular complexity index is 853. The molecule has 182 valence electrons. The molecule has 0 heterocycles. The smallest absolute Gasteiger partial charge is 0.407 e. The minimum Gasteiger partial charge on any atom is -0.497 e. The lowest BCUT2D eigenvalue weighted by Crippen LogP contribution is -2.30. The van der Waals surface area contributed by atoms with Crippen molar-refractivity contribution >= 4 is 6.09 Å². The molecule has 1 aliphatic rings. The average Bonchev–Trinajstić information content (AvgIpc) is 2.82. The second-order valence-corrected chi connectivity index (χ2v) is 9.22. The molecule has 6 heteroatoms. The normalized spacial score (nSPS) is 14.0. The molecule has 0 saturated heterocycles. The van der Waals surface area contributed by atoms with Gasteiger partial charge in [0.25, 0.3) is 0 Å². The van der Waals surface area contributed by atoms with Gasteiger partial charge in [0.05, 0.1) is 14.2 Å². The molecule has 1 fully saturated rings. The summed E-state index contributed by atoms with van der Waals surface area (Å²) < 4.78 is 15.6. The molecule has 1 aliphatic carbocycles. The molecule has 0 unspecified atom stereocenters. The highest BCUT2D eigenvalue weighted by Gasteiger charge is 2.15. The van der Waals surface area contributed by atoms with Crippen LogP contribution < -0.4 is 20.1 Å². The maximum absolute atomic E-state index is 10.5. The van der Waals surface area contributed by atoms with Crippen molar-refractivity contribution < 1.29 is 19.0 Å². The van der Waals surface area contributed by atoms with Gasteiger partial charge in [-0.2, -0.15) is 0 Å². The summed E-state index contributed by atoms with van der Waals surface area (Å²) in [4.78, 5) is 10.5. The van der Waals surface area contributed by atoms with Gasteiger partial charge in [-0.3, -0.25) is 0 Å². The predicted molar refractivity (Wildman–Crippen MR) is 134 cm³/mol. The molecule has 0 atom stereocenters. The number of hydrogen-bond acceptors (Lipinski definition) is 5. The quantitative estimate of drug-likeness (QED) is 0.563. The van der Waals surface area contributed by atoms with E-state index in [0.29, 0.717) is 6.04 Å². The summed E-state index contributed by atoms with van der Waals surface area (Å²) in [5, 5.41) is 6.07. The van der Waals surface area contributed by atoms with Gasteiger partial charge < -0.3 is 24.8 Å². The van der Waals surface area contributed by atoms with Crippen LogP contribution in [-0.2, 0) is 11.3 Å². The van der Waals surface area contributed by atoms with Crippen LogP contribution in [0.2, 0.25) is 0 Å². The van der Waals surface area contributed by atoms with E-state index in [2.05, 4.69) is 41.0 Å². The van der Waals surface area contributed by atoms with Crippen molar-refractivity contribution in [3.8, 4) is 22.6 Å². The molecular weight excluding hydrogens is 416 g/mol. The van der Waals surface area contributed by atoms with Crippen LogP contribution in [0.25, 0.3) is 11.1 Å². The molecule has 0 radical (unpaired) electrons. The van der Waals surface area contributed by atoms with Gasteiger partial charge in [-0.1, -0.05) is 37.5 Å². The van der Waals surface area contributed by atoms with Gasteiger partial charge in [0.1, 0.15) is 17.1 Å². The lowest BCUT2D eigenvalue weighted by Gasteiger charge is -2.23. The van der Waals surface area contributed by atoms with E-state index in [1.165, 1.54) is 55.8 Å². The number of ether oxygens (including phenoxy) is 3. The second kappa shape index (κ2) is 13.1. The fourth-order valence-corrected chi connectivity index (χ4v) is 3.77. The zero-order valence-electron chi connectivity index (χ0n) is 21.0. The van der Waals surface area contributed by atoms with Crippen molar-refractivity contribution in [3.05, 3.63) is 48.0 Å². The third-order valence-electron chi connectivity index (χ3n) is 5.49. The average molecular weight is 457 g/mol. The largest absolute Gasteiger partial charge is 0.497 e. The lowest BCUT2D eigenvalue weighted by atomic mass is 9.95. The number of carbonyl (C=O) groups excluding carboxylic acids is 1. The van der Waals surface area contributed by atoms with E-state index >= 15 is 0 Å². The first-order valence-electron chi connectivity index (χ1n) is 11.7. The van der Waals surface area contributed by atoms with Crippen LogP contribution in [-0.4, -0.2) is 39.0 Å². The van der Waals surface area contributed by atoms with Crippen LogP contribution in [0.1, 0.15) is 58.4 Å². The van der Waals surface area contributed by atoms with Crippen molar-refractivity contribution in [3.63, 3.8) is 0 Å². The summed E-state index contributed by atoms with van der Waals surface area (Å²) in [7, 11) is 4.97. The molecular formula is C27H40N2O4. The van der Waals surface area contributed by atoms with E-state index in [0.717, 1.165) is 18.0 Å². The Labute approximate surface area is 199 Å². The number of amides is 1. The number of carbonyl (C=O) groups is 1. The molecule has 0 bridgehead atoms. The van der Waals surface area contributed by atoms with Gasteiger partial charge in [-0.05, 0) is 69.0 Å². The molecule has 33 heavy (non-hydrogen) atoms. The molecule has 0 aromatic heterocycles. The number of hydrogen-bond donors (Lipinski definition) is 2. The van der Waals surface area contributed by atoms with Crippen LogP contribution in [0.15, 0.2) is 42.5 Å². The van der Waals surface area contributed by atoms with E-state index in [1.807, 2.05) is 32.9 Å². The van der Waals surface area contributed by atoms with E-state index in [-0.39, 0.29) is 11.7 Å². The van der Waals surface area contributed by atoms with Crippen molar-refractivity contribution in [1.82, 2.24) is 10.6 Å². The van der Waals surface area contributed by atoms with Crippen LogP contribution in [0.3, 0.4) is 0 Å². The maximum Gasteiger partial charge on any atom is 0.407 e. The Balaban J connectivity index is 0.000000365. The Morgan fingerprint density at radius 1 is 0.939 bits per heavy atom. The monoisotopic (exact) mass is 456 g/mol. The third-order valence-corrected chi connectivity index (χ3v) is 5.49. The Kier molecular flexibility index (Phi) is 10.5. The number of methoxy groups -OCH3 is 2. The molecule has 1 saturated carbocycles. The Hall–Kier alpha value is -2.73. The summed E-state index contributed by atoms with van der Waals surface area (Å²) in [6.07, 6.45) is 6.28. The zero-order valence-corrected chi connectivity index (χ0v) is 21.0. The summed E-state index contributed by atoms with van der Waals surface area (Å²) in [5.74, 6) is 1.84. The highest BCUT2D eigenvalue weighted by molar-refractivity contribution is 5.67. The topological polar surface area (TPSA) is 68.8 Å². The summed E-state index contributed by atoms with van der Waals surface area (Å²) in [5.41, 5.74) is 3.23. The summed E-state index contributed by atoms with van der Waals surface area (Å²) in [6, 6.07) is 15.3. The van der Waals surface area contributed by atoms with Gasteiger partial charge >= 0.3 is 6.09 Å². The van der Waals surface area contributed by atoms with Crippen LogP contribution in [0, 0.1) is 0 Å². The van der Waals surface area contributed by atoms with E-state index in [4.69, 9.17) is 14.2 Å². The van der Waals surface area contributed by atoms with E-state index < -0.39 is 0 Å². The SMILES string of the molecule is CNC(=O)OC(C)(C)C.COc1ccc(-c2ccc(OC)c(CNC3CCCCC3)c2)cc1. The van der Waals surface area contributed by atoms with Gasteiger partial charge in [-0.15, -0.1) is 0 Å². The van der Waals surface area contributed by atoms with Gasteiger partial charge in [0.15, 0.2) is 0 Å². The van der Waals surface area contributed by atoms with Gasteiger partial charge in [-0.25, -0.2) is 4.79 Å². The Morgan fingerprint density at radius 2 is 1.58 bits per heavy atom. The molecule has 2 aromatic rings. The lowest BCUT2D eigenvalue weighted by molar-refractivity contribution is 0.0541. The standard InChI is InChI=1S/C21H27NO2.C6H13NO2/c1-23-20-11-8-16(9-12-20)17-10-13-21(24-2)18(14-17)15-22-19-6-4-3-5-7-19;1-6(2,3)9-5(8)7-4/h8-14,19,22H,3-7,15H2,1-2H3;1-4H3,(H,7,8).